The lowest BCUT2D eigenvalue weighted by Gasteiger charge is -2.20. The molecule has 0 aliphatic carbocycles. The number of benzene rings is 1. The average Bonchev–Trinajstić information content (AvgIpc) is 2.77. The first-order valence-corrected chi connectivity index (χ1v) is 8.82. The predicted molar refractivity (Wildman–Crippen MR) is 94.0 cm³/mol. The summed E-state index contributed by atoms with van der Waals surface area (Å²) in [6, 6.07) is 7.90. The fraction of sp³-hybridized carbons (Fsp3) is 0.579. The molecule has 2 amide bonds. The molecule has 1 N–H and O–H groups in total. The van der Waals surface area contributed by atoms with Crippen LogP contribution in [0.3, 0.4) is 0 Å². The van der Waals surface area contributed by atoms with Crippen molar-refractivity contribution in [3.05, 3.63) is 29.8 Å². The molecule has 1 aliphatic heterocycles. The van der Waals surface area contributed by atoms with Crippen LogP contribution in [0.15, 0.2) is 24.3 Å². The Balaban J connectivity index is 1.76. The largest absolute Gasteiger partial charge is 0.497 e. The number of aryl methyl sites for hydroxylation is 1. The van der Waals surface area contributed by atoms with Gasteiger partial charge in [-0.2, -0.15) is 0 Å². The number of amides is 2. The van der Waals surface area contributed by atoms with Crippen LogP contribution in [0.25, 0.3) is 0 Å². The summed E-state index contributed by atoms with van der Waals surface area (Å²) in [6.45, 7) is 3.64. The van der Waals surface area contributed by atoms with Gasteiger partial charge in [0, 0.05) is 32.0 Å². The molecule has 1 heterocycles. The van der Waals surface area contributed by atoms with Crippen LogP contribution >= 0.6 is 0 Å². The van der Waals surface area contributed by atoms with Crippen molar-refractivity contribution in [2.24, 2.45) is 0 Å². The van der Waals surface area contributed by atoms with Crippen molar-refractivity contribution in [1.82, 2.24) is 10.2 Å². The van der Waals surface area contributed by atoms with E-state index in [0.717, 1.165) is 43.7 Å². The van der Waals surface area contributed by atoms with Crippen molar-refractivity contribution in [2.75, 3.05) is 20.2 Å². The molecular formula is C19H28N2O3. The minimum absolute atomic E-state index is 0.0622. The van der Waals surface area contributed by atoms with Gasteiger partial charge >= 0.3 is 0 Å². The molecular weight excluding hydrogens is 304 g/mol. The number of hydrogen-bond acceptors (Lipinski definition) is 3. The van der Waals surface area contributed by atoms with E-state index in [1.807, 2.05) is 29.2 Å². The highest BCUT2D eigenvalue weighted by Gasteiger charge is 2.22. The van der Waals surface area contributed by atoms with Crippen LogP contribution in [0.4, 0.5) is 0 Å². The van der Waals surface area contributed by atoms with E-state index in [1.54, 1.807) is 7.11 Å². The quantitative estimate of drug-likeness (QED) is 0.835. The van der Waals surface area contributed by atoms with E-state index < -0.39 is 0 Å². The molecule has 1 atom stereocenters. The molecule has 1 aromatic carbocycles. The number of carbonyl (C=O) groups excluding carboxylic acids is 2. The van der Waals surface area contributed by atoms with E-state index in [1.165, 1.54) is 0 Å². The fourth-order valence-electron chi connectivity index (χ4n) is 3.04. The molecule has 0 radical (unpaired) electrons. The second kappa shape index (κ2) is 9.30. The van der Waals surface area contributed by atoms with Gasteiger partial charge in [-0.15, -0.1) is 0 Å². The molecule has 1 fully saturated rings. The third-order valence-electron chi connectivity index (χ3n) is 4.47. The maximum atomic E-state index is 12.2. The Morgan fingerprint density at radius 1 is 1.29 bits per heavy atom. The number of nitrogens with zero attached hydrogens (tertiary/aromatic N) is 1. The van der Waals surface area contributed by atoms with Gasteiger partial charge in [0.15, 0.2) is 0 Å². The zero-order valence-corrected chi connectivity index (χ0v) is 14.7. The molecule has 24 heavy (non-hydrogen) atoms. The van der Waals surface area contributed by atoms with Gasteiger partial charge in [-0.1, -0.05) is 19.1 Å². The molecule has 1 aliphatic rings. The van der Waals surface area contributed by atoms with Crippen LogP contribution in [0, 0.1) is 0 Å². The smallest absolute Gasteiger partial charge is 0.222 e. The number of carbonyl (C=O) groups is 2. The highest BCUT2D eigenvalue weighted by molar-refractivity contribution is 5.78. The van der Waals surface area contributed by atoms with Crippen molar-refractivity contribution in [2.45, 2.75) is 51.5 Å². The Kier molecular flexibility index (Phi) is 7.09. The molecule has 5 nitrogen and oxygen atoms in total. The summed E-state index contributed by atoms with van der Waals surface area (Å²) in [4.78, 5) is 26.1. The van der Waals surface area contributed by atoms with Gasteiger partial charge in [0.1, 0.15) is 5.75 Å². The zero-order chi connectivity index (χ0) is 17.4. The summed E-state index contributed by atoms with van der Waals surface area (Å²) in [5, 5.41) is 3.09. The first kappa shape index (κ1) is 18.3. The van der Waals surface area contributed by atoms with Crippen molar-refractivity contribution in [3.8, 4) is 5.75 Å². The normalized spacial score (nSPS) is 18.2. The second-order valence-corrected chi connectivity index (χ2v) is 6.32. The third kappa shape index (κ3) is 5.55. The monoisotopic (exact) mass is 332 g/mol. The van der Waals surface area contributed by atoms with Gasteiger partial charge in [-0.25, -0.2) is 0 Å². The van der Waals surface area contributed by atoms with Crippen LogP contribution in [0.2, 0.25) is 0 Å². The second-order valence-electron chi connectivity index (χ2n) is 6.32. The molecule has 2 rings (SSSR count). The summed E-state index contributed by atoms with van der Waals surface area (Å²) in [6.07, 6.45) is 4.28. The fourth-order valence-corrected chi connectivity index (χ4v) is 3.04. The van der Waals surface area contributed by atoms with Crippen molar-refractivity contribution < 1.29 is 14.3 Å². The first-order chi connectivity index (χ1) is 11.6. The topological polar surface area (TPSA) is 58.6 Å². The highest BCUT2D eigenvalue weighted by atomic mass is 16.5. The maximum absolute atomic E-state index is 12.2. The summed E-state index contributed by atoms with van der Waals surface area (Å²) in [5.74, 6) is 1.10. The third-order valence-corrected chi connectivity index (χ3v) is 4.47. The first-order valence-electron chi connectivity index (χ1n) is 8.82. The number of hydrogen-bond donors (Lipinski definition) is 1. The number of nitrogens with one attached hydrogen (secondary N) is 1. The van der Waals surface area contributed by atoms with Gasteiger partial charge in [-0.05, 0) is 43.4 Å². The lowest BCUT2D eigenvalue weighted by molar-refractivity contribution is -0.130. The molecule has 1 saturated heterocycles. The Labute approximate surface area is 144 Å². The molecule has 132 valence electrons. The molecule has 1 unspecified atom stereocenters. The van der Waals surface area contributed by atoms with E-state index in [4.69, 9.17) is 4.74 Å². The van der Waals surface area contributed by atoms with Gasteiger partial charge < -0.3 is 15.0 Å². The Hall–Kier alpha value is -2.04. The molecule has 0 bridgehead atoms. The number of likely N-dealkylation sites (tertiary alicyclic amines) is 1. The highest BCUT2D eigenvalue weighted by Crippen LogP contribution is 2.14. The Bertz CT molecular complexity index is 542. The van der Waals surface area contributed by atoms with Crippen LogP contribution in [0.5, 0.6) is 5.75 Å². The van der Waals surface area contributed by atoms with Gasteiger partial charge in [0.2, 0.25) is 11.8 Å². The lowest BCUT2D eigenvalue weighted by atomic mass is 10.1. The average molecular weight is 332 g/mol. The minimum Gasteiger partial charge on any atom is -0.497 e. The van der Waals surface area contributed by atoms with E-state index in [2.05, 4.69) is 12.2 Å². The summed E-state index contributed by atoms with van der Waals surface area (Å²) >= 11 is 0. The standard InChI is InChI=1S/C19H28N2O3/c1-3-13-21-14-12-16(7-11-19(21)23)20-18(22)10-6-15-4-8-17(24-2)9-5-15/h4-5,8-9,16H,3,6-7,10-14H2,1-2H3,(H,20,22). The predicted octanol–water partition coefficient (Wildman–Crippen LogP) is 2.54. The van der Waals surface area contributed by atoms with Crippen LogP contribution < -0.4 is 10.1 Å². The molecule has 0 aromatic heterocycles. The number of methoxy groups -OCH3 is 1. The Morgan fingerprint density at radius 3 is 2.71 bits per heavy atom. The van der Waals surface area contributed by atoms with Gasteiger partial charge in [-0.3, -0.25) is 9.59 Å². The van der Waals surface area contributed by atoms with E-state index >= 15 is 0 Å². The van der Waals surface area contributed by atoms with Crippen LogP contribution in [0.1, 0.15) is 44.6 Å². The van der Waals surface area contributed by atoms with E-state index in [9.17, 15) is 9.59 Å². The van der Waals surface area contributed by atoms with Crippen molar-refractivity contribution in [1.29, 1.82) is 0 Å². The van der Waals surface area contributed by atoms with Crippen LogP contribution in [-0.4, -0.2) is 43.0 Å². The zero-order valence-electron chi connectivity index (χ0n) is 14.7. The molecule has 0 spiro atoms. The van der Waals surface area contributed by atoms with Gasteiger partial charge in [0.05, 0.1) is 7.11 Å². The Morgan fingerprint density at radius 2 is 2.04 bits per heavy atom. The lowest BCUT2D eigenvalue weighted by Crippen LogP contribution is -2.36. The van der Waals surface area contributed by atoms with E-state index in [-0.39, 0.29) is 17.9 Å². The van der Waals surface area contributed by atoms with Crippen molar-refractivity contribution in [3.63, 3.8) is 0 Å². The molecule has 5 heteroatoms. The summed E-state index contributed by atoms with van der Waals surface area (Å²) < 4.78 is 5.13. The molecule has 0 saturated carbocycles. The summed E-state index contributed by atoms with van der Waals surface area (Å²) in [7, 11) is 1.64. The number of ether oxygens (including phenoxy) is 1. The molecule has 1 aromatic rings. The minimum atomic E-state index is 0.0622. The van der Waals surface area contributed by atoms with Crippen molar-refractivity contribution >= 4 is 11.8 Å². The number of rotatable bonds is 7. The summed E-state index contributed by atoms with van der Waals surface area (Å²) in [5.41, 5.74) is 1.12. The van der Waals surface area contributed by atoms with E-state index in [0.29, 0.717) is 19.3 Å². The SMILES string of the molecule is CCCN1CCC(NC(=O)CCc2ccc(OC)cc2)CCC1=O. The maximum Gasteiger partial charge on any atom is 0.222 e. The van der Waals surface area contributed by atoms with Crippen LogP contribution in [-0.2, 0) is 16.0 Å². The van der Waals surface area contributed by atoms with Gasteiger partial charge in [0.25, 0.3) is 0 Å².